The summed E-state index contributed by atoms with van der Waals surface area (Å²) in [6.07, 6.45) is 1.40. The number of benzene rings is 1. The van der Waals surface area contributed by atoms with Gasteiger partial charge in [0.1, 0.15) is 17.3 Å². The van der Waals surface area contributed by atoms with E-state index in [1.807, 2.05) is 25.1 Å². The Morgan fingerprint density at radius 1 is 1.14 bits per heavy atom. The number of hydrogen-bond acceptors (Lipinski definition) is 8. The lowest BCUT2D eigenvalue weighted by atomic mass is 9.84. The molecular formula is C21H19N3O5. The number of ether oxygens (including phenoxy) is 2. The zero-order valence-electron chi connectivity index (χ0n) is 16.1. The Labute approximate surface area is 167 Å². The molecule has 1 aromatic heterocycles. The number of methoxy groups -OCH3 is 2. The standard InChI is InChI=1S/C21H19N3O5/c1-12-6-8-13(9-7-12)24-18(21(26)28-3)17(20(25)27-2)16(14(11-22)19(24)23)15-5-4-10-29-15/h4-10,16H,23H2,1-3H3. The van der Waals surface area contributed by atoms with E-state index in [1.165, 1.54) is 25.4 Å². The maximum absolute atomic E-state index is 12.8. The number of anilines is 1. The molecule has 2 N–H and O–H groups in total. The van der Waals surface area contributed by atoms with Gasteiger partial charge in [-0.2, -0.15) is 5.26 Å². The van der Waals surface area contributed by atoms with Gasteiger partial charge in [-0.1, -0.05) is 17.7 Å². The van der Waals surface area contributed by atoms with Gasteiger partial charge < -0.3 is 19.6 Å². The van der Waals surface area contributed by atoms with Crippen LogP contribution in [0.1, 0.15) is 17.2 Å². The van der Waals surface area contributed by atoms with E-state index in [0.29, 0.717) is 5.69 Å². The number of aryl methyl sites for hydroxylation is 1. The van der Waals surface area contributed by atoms with E-state index in [-0.39, 0.29) is 28.4 Å². The maximum Gasteiger partial charge on any atom is 0.355 e. The van der Waals surface area contributed by atoms with Crippen molar-refractivity contribution in [1.82, 2.24) is 0 Å². The molecule has 1 unspecified atom stereocenters. The minimum absolute atomic E-state index is 0.00851. The zero-order valence-corrected chi connectivity index (χ0v) is 16.1. The van der Waals surface area contributed by atoms with E-state index in [2.05, 4.69) is 0 Å². The van der Waals surface area contributed by atoms with Crippen LogP contribution in [0.25, 0.3) is 0 Å². The number of nitrogens with two attached hydrogens (primary N) is 1. The van der Waals surface area contributed by atoms with Crippen molar-refractivity contribution >= 4 is 17.6 Å². The number of nitriles is 1. The van der Waals surface area contributed by atoms with Gasteiger partial charge >= 0.3 is 11.9 Å². The second kappa shape index (κ2) is 7.94. The van der Waals surface area contributed by atoms with Gasteiger partial charge in [0.15, 0.2) is 0 Å². The largest absolute Gasteiger partial charge is 0.468 e. The molecule has 0 saturated carbocycles. The summed E-state index contributed by atoms with van der Waals surface area (Å²) in [5, 5.41) is 9.85. The monoisotopic (exact) mass is 393 g/mol. The molecule has 0 spiro atoms. The van der Waals surface area contributed by atoms with Crippen molar-refractivity contribution < 1.29 is 23.5 Å². The number of furan rings is 1. The number of nitrogens with zero attached hydrogens (tertiary/aromatic N) is 2. The van der Waals surface area contributed by atoms with Gasteiger partial charge in [-0.05, 0) is 31.2 Å². The second-order valence-corrected chi connectivity index (χ2v) is 6.28. The molecule has 0 aliphatic carbocycles. The van der Waals surface area contributed by atoms with Crippen LogP contribution in [0.2, 0.25) is 0 Å². The Balaban J connectivity index is 2.38. The summed E-state index contributed by atoms with van der Waals surface area (Å²) in [5.41, 5.74) is 7.62. The Hall–Kier alpha value is -3.99. The normalized spacial score (nSPS) is 16.5. The van der Waals surface area contributed by atoms with Crippen LogP contribution in [0.15, 0.2) is 69.7 Å². The molecule has 29 heavy (non-hydrogen) atoms. The van der Waals surface area contributed by atoms with Crippen molar-refractivity contribution in [2.24, 2.45) is 5.73 Å². The highest BCUT2D eigenvalue weighted by atomic mass is 16.5. The van der Waals surface area contributed by atoms with Crippen molar-refractivity contribution in [2.75, 3.05) is 19.1 Å². The predicted octanol–water partition coefficient (Wildman–Crippen LogP) is 2.49. The fraction of sp³-hybridized carbons (Fsp3) is 0.190. The smallest absolute Gasteiger partial charge is 0.355 e. The molecule has 0 fully saturated rings. The molecule has 2 aromatic rings. The summed E-state index contributed by atoms with van der Waals surface area (Å²) >= 11 is 0. The Bertz CT molecular complexity index is 1040. The third kappa shape index (κ3) is 3.34. The molecule has 3 rings (SSSR count). The molecule has 8 heteroatoms. The minimum Gasteiger partial charge on any atom is -0.468 e. The highest BCUT2D eigenvalue weighted by Gasteiger charge is 2.44. The third-order valence-electron chi connectivity index (χ3n) is 4.60. The summed E-state index contributed by atoms with van der Waals surface area (Å²) in [6, 6.07) is 12.3. The minimum atomic E-state index is -1.02. The first-order valence-corrected chi connectivity index (χ1v) is 8.65. The molecule has 1 aliphatic heterocycles. The van der Waals surface area contributed by atoms with E-state index in [4.69, 9.17) is 19.6 Å². The number of hydrogen-bond donors (Lipinski definition) is 1. The van der Waals surface area contributed by atoms with Gasteiger partial charge in [0.2, 0.25) is 0 Å². The SMILES string of the molecule is COC(=O)C1=C(C(=O)OC)N(c2ccc(C)cc2)C(N)=C(C#N)C1c1ccco1. The van der Waals surface area contributed by atoms with Crippen LogP contribution < -0.4 is 10.6 Å². The van der Waals surface area contributed by atoms with Crippen molar-refractivity contribution in [2.45, 2.75) is 12.8 Å². The van der Waals surface area contributed by atoms with Gasteiger partial charge in [0.25, 0.3) is 0 Å². The molecule has 8 nitrogen and oxygen atoms in total. The number of rotatable bonds is 4. The third-order valence-corrected chi connectivity index (χ3v) is 4.60. The average Bonchev–Trinajstić information content (AvgIpc) is 3.27. The fourth-order valence-electron chi connectivity index (χ4n) is 3.24. The predicted molar refractivity (Wildman–Crippen MR) is 103 cm³/mol. The topological polar surface area (TPSA) is 119 Å². The number of esters is 2. The van der Waals surface area contributed by atoms with Gasteiger partial charge in [0.05, 0.1) is 43.6 Å². The summed E-state index contributed by atoms with van der Waals surface area (Å²) in [7, 11) is 2.38. The molecule has 1 aliphatic rings. The van der Waals surface area contributed by atoms with Gasteiger partial charge in [-0.25, -0.2) is 9.59 Å². The summed E-state index contributed by atoms with van der Waals surface area (Å²) in [5.74, 6) is -2.36. The highest BCUT2D eigenvalue weighted by molar-refractivity contribution is 6.06. The Morgan fingerprint density at radius 2 is 1.79 bits per heavy atom. The molecule has 0 radical (unpaired) electrons. The lowest BCUT2D eigenvalue weighted by Gasteiger charge is -2.35. The average molecular weight is 393 g/mol. The Kier molecular flexibility index (Phi) is 5.41. The fourth-order valence-corrected chi connectivity index (χ4v) is 3.24. The van der Waals surface area contributed by atoms with E-state index in [0.717, 1.165) is 5.56 Å². The summed E-state index contributed by atoms with van der Waals surface area (Å²) < 4.78 is 15.3. The summed E-state index contributed by atoms with van der Waals surface area (Å²) in [4.78, 5) is 26.9. The van der Waals surface area contributed by atoms with Crippen LogP contribution in [0, 0.1) is 18.3 Å². The molecule has 0 saturated heterocycles. The van der Waals surface area contributed by atoms with Crippen molar-refractivity contribution in [3.8, 4) is 6.07 Å². The highest BCUT2D eigenvalue weighted by Crippen LogP contribution is 2.43. The van der Waals surface area contributed by atoms with E-state index >= 15 is 0 Å². The van der Waals surface area contributed by atoms with Gasteiger partial charge in [-0.3, -0.25) is 4.90 Å². The van der Waals surface area contributed by atoms with Crippen LogP contribution in [0.4, 0.5) is 5.69 Å². The molecule has 0 bridgehead atoms. The first-order valence-electron chi connectivity index (χ1n) is 8.65. The molecule has 1 aromatic carbocycles. The molecular weight excluding hydrogens is 374 g/mol. The quantitative estimate of drug-likeness (QED) is 0.787. The number of carbonyl (C=O) groups is 2. The lowest BCUT2D eigenvalue weighted by Crippen LogP contribution is -2.40. The zero-order chi connectivity index (χ0) is 21.1. The van der Waals surface area contributed by atoms with Crippen molar-refractivity contribution in [1.29, 1.82) is 5.26 Å². The maximum atomic E-state index is 12.8. The number of carbonyl (C=O) groups excluding carboxylic acids is 2. The van der Waals surface area contributed by atoms with Gasteiger partial charge in [-0.15, -0.1) is 0 Å². The van der Waals surface area contributed by atoms with Crippen LogP contribution in [0.3, 0.4) is 0 Å². The van der Waals surface area contributed by atoms with Crippen molar-refractivity contribution in [3.05, 3.63) is 76.6 Å². The van der Waals surface area contributed by atoms with Crippen molar-refractivity contribution in [3.63, 3.8) is 0 Å². The van der Waals surface area contributed by atoms with Crippen LogP contribution in [-0.2, 0) is 19.1 Å². The first-order chi connectivity index (χ1) is 13.9. The Morgan fingerprint density at radius 3 is 2.31 bits per heavy atom. The lowest BCUT2D eigenvalue weighted by molar-refractivity contribution is -0.139. The molecule has 148 valence electrons. The first kappa shape index (κ1) is 19.8. The van der Waals surface area contributed by atoms with Gasteiger partial charge in [0, 0.05) is 5.69 Å². The number of allylic oxidation sites excluding steroid dienone is 1. The molecule has 2 heterocycles. The van der Waals surface area contributed by atoms with E-state index in [1.54, 1.807) is 24.3 Å². The second-order valence-electron chi connectivity index (χ2n) is 6.28. The molecule has 0 amide bonds. The molecule has 1 atom stereocenters. The van der Waals surface area contributed by atoms with E-state index in [9.17, 15) is 14.9 Å². The van der Waals surface area contributed by atoms with Crippen LogP contribution >= 0.6 is 0 Å². The van der Waals surface area contributed by atoms with Crippen LogP contribution in [-0.4, -0.2) is 26.2 Å². The van der Waals surface area contributed by atoms with E-state index < -0.39 is 17.9 Å². The van der Waals surface area contributed by atoms with Crippen LogP contribution in [0.5, 0.6) is 0 Å². The summed E-state index contributed by atoms with van der Waals surface area (Å²) in [6.45, 7) is 1.91.